The number of halogens is 1. The van der Waals surface area contributed by atoms with Crippen molar-refractivity contribution in [2.45, 2.75) is 39.7 Å². The molecule has 0 aliphatic carbocycles. The van der Waals surface area contributed by atoms with E-state index in [9.17, 15) is 0 Å². The van der Waals surface area contributed by atoms with Gasteiger partial charge in [-0.1, -0.05) is 6.92 Å². The summed E-state index contributed by atoms with van der Waals surface area (Å²) in [6, 6.07) is 0.571. The van der Waals surface area contributed by atoms with Gasteiger partial charge in [-0.25, -0.2) is 0 Å². The summed E-state index contributed by atoms with van der Waals surface area (Å²) in [7, 11) is 2.12. The van der Waals surface area contributed by atoms with Gasteiger partial charge in [0.25, 0.3) is 0 Å². The van der Waals surface area contributed by atoms with Gasteiger partial charge in [0.15, 0.2) is 5.96 Å². The summed E-state index contributed by atoms with van der Waals surface area (Å²) < 4.78 is 0. The summed E-state index contributed by atoms with van der Waals surface area (Å²) in [6.45, 7) is 10.6. The Morgan fingerprint density at radius 1 is 1.50 bits per heavy atom. The number of nitrogens with zero attached hydrogens (tertiary/aromatic N) is 3. The SMILES string of the molecule is CC1CCCN(C(N)=NCCN(C)C(C)C)C1.I. The quantitative estimate of drug-likeness (QED) is 0.469. The van der Waals surface area contributed by atoms with Crippen LogP contribution in [0, 0.1) is 5.92 Å². The van der Waals surface area contributed by atoms with E-state index >= 15 is 0 Å². The van der Waals surface area contributed by atoms with Crippen LogP contribution in [-0.2, 0) is 0 Å². The molecule has 4 nitrogen and oxygen atoms in total. The zero-order valence-corrected chi connectivity index (χ0v) is 14.6. The Morgan fingerprint density at radius 2 is 2.17 bits per heavy atom. The van der Waals surface area contributed by atoms with Crippen molar-refractivity contribution in [3.05, 3.63) is 0 Å². The molecule has 0 spiro atoms. The highest BCUT2D eigenvalue weighted by Gasteiger charge is 2.17. The third kappa shape index (κ3) is 6.22. The molecule has 108 valence electrons. The maximum atomic E-state index is 6.03. The van der Waals surface area contributed by atoms with Crippen LogP contribution in [0.4, 0.5) is 0 Å². The van der Waals surface area contributed by atoms with E-state index < -0.39 is 0 Å². The highest BCUT2D eigenvalue weighted by Crippen LogP contribution is 2.14. The molecule has 1 atom stereocenters. The van der Waals surface area contributed by atoms with E-state index in [1.807, 2.05) is 0 Å². The van der Waals surface area contributed by atoms with E-state index in [1.54, 1.807) is 0 Å². The van der Waals surface area contributed by atoms with Gasteiger partial charge in [0.1, 0.15) is 0 Å². The molecule has 18 heavy (non-hydrogen) atoms. The number of nitrogens with two attached hydrogens (primary N) is 1. The van der Waals surface area contributed by atoms with Crippen molar-refractivity contribution in [2.24, 2.45) is 16.6 Å². The molecule has 0 aromatic carbocycles. The van der Waals surface area contributed by atoms with Crippen molar-refractivity contribution < 1.29 is 0 Å². The van der Waals surface area contributed by atoms with E-state index in [1.165, 1.54) is 12.8 Å². The van der Waals surface area contributed by atoms with Crippen LogP contribution in [0.3, 0.4) is 0 Å². The monoisotopic (exact) mass is 368 g/mol. The summed E-state index contributed by atoms with van der Waals surface area (Å²) in [4.78, 5) is 9.00. The minimum atomic E-state index is 0. The number of piperidine rings is 1. The summed E-state index contributed by atoms with van der Waals surface area (Å²) in [5.41, 5.74) is 6.03. The van der Waals surface area contributed by atoms with Gasteiger partial charge < -0.3 is 15.5 Å². The molecule has 1 heterocycles. The third-order valence-electron chi connectivity index (χ3n) is 3.59. The number of hydrogen-bond donors (Lipinski definition) is 1. The van der Waals surface area contributed by atoms with Crippen molar-refractivity contribution in [1.82, 2.24) is 9.80 Å². The highest BCUT2D eigenvalue weighted by molar-refractivity contribution is 14.0. The standard InChI is InChI=1S/C13H28N4.HI/c1-11(2)16(4)9-7-15-13(14)17-8-5-6-12(3)10-17;/h11-12H,5-10H2,1-4H3,(H2,14,15);1H. The van der Waals surface area contributed by atoms with Gasteiger partial charge in [-0.3, -0.25) is 4.99 Å². The number of likely N-dealkylation sites (tertiary alicyclic amines) is 1. The predicted octanol–water partition coefficient (Wildman–Crippen LogP) is 1.99. The maximum absolute atomic E-state index is 6.03. The number of likely N-dealkylation sites (N-methyl/N-ethyl adjacent to an activating group) is 1. The normalized spacial score (nSPS) is 21.3. The van der Waals surface area contributed by atoms with Gasteiger partial charge in [-0.15, -0.1) is 24.0 Å². The molecule has 0 radical (unpaired) electrons. The Labute approximate surface area is 129 Å². The van der Waals surface area contributed by atoms with Crippen molar-refractivity contribution in [3.63, 3.8) is 0 Å². The van der Waals surface area contributed by atoms with Gasteiger partial charge in [-0.05, 0) is 39.7 Å². The molecule has 1 saturated heterocycles. The first-order valence-electron chi connectivity index (χ1n) is 6.75. The number of aliphatic imine (C=N–C) groups is 1. The molecule has 0 saturated carbocycles. The van der Waals surface area contributed by atoms with Gasteiger partial charge in [0.05, 0.1) is 6.54 Å². The van der Waals surface area contributed by atoms with Crippen molar-refractivity contribution in [2.75, 3.05) is 33.2 Å². The van der Waals surface area contributed by atoms with E-state index in [0.29, 0.717) is 6.04 Å². The Hall–Kier alpha value is -0.0400. The lowest BCUT2D eigenvalue weighted by atomic mass is 10.0. The minimum absolute atomic E-state index is 0. The molecule has 0 bridgehead atoms. The lowest BCUT2D eigenvalue weighted by Gasteiger charge is -2.31. The average molecular weight is 368 g/mol. The fraction of sp³-hybridized carbons (Fsp3) is 0.923. The van der Waals surface area contributed by atoms with Crippen LogP contribution in [0.15, 0.2) is 4.99 Å². The van der Waals surface area contributed by atoms with Crippen LogP contribution in [0.2, 0.25) is 0 Å². The van der Waals surface area contributed by atoms with E-state index in [2.05, 4.69) is 42.6 Å². The van der Waals surface area contributed by atoms with E-state index in [0.717, 1.165) is 38.1 Å². The second-order valence-electron chi connectivity index (χ2n) is 5.51. The zero-order valence-electron chi connectivity index (χ0n) is 12.2. The van der Waals surface area contributed by atoms with Crippen LogP contribution < -0.4 is 5.73 Å². The second-order valence-corrected chi connectivity index (χ2v) is 5.51. The Balaban J connectivity index is 0.00000289. The average Bonchev–Trinajstić information content (AvgIpc) is 2.28. The molecule has 1 aliphatic rings. The first-order chi connectivity index (χ1) is 8.00. The third-order valence-corrected chi connectivity index (χ3v) is 3.59. The fourth-order valence-electron chi connectivity index (χ4n) is 2.08. The smallest absolute Gasteiger partial charge is 0.191 e. The molecule has 1 rings (SSSR count). The van der Waals surface area contributed by atoms with Gasteiger partial charge in [0.2, 0.25) is 0 Å². The summed E-state index contributed by atoms with van der Waals surface area (Å²) in [6.07, 6.45) is 2.56. The van der Waals surface area contributed by atoms with E-state index in [-0.39, 0.29) is 24.0 Å². The maximum Gasteiger partial charge on any atom is 0.191 e. The number of hydrogen-bond acceptors (Lipinski definition) is 2. The predicted molar refractivity (Wildman–Crippen MR) is 89.6 cm³/mol. The van der Waals surface area contributed by atoms with Crippen LogP contribution in [-0.4, -0.2) is 55.0 Å². The van der Waals surface area contributed by atoms with Crippen LogP contribution in [0.1, 0.15) is 33.6 Å². The molecule has 5 heteroatoms. The van der Waals surface area contributed by atoms with Crippen molar-refractivity contribution in [1.29, 1.82) is 0 Å². The zero-order chi connectivity index (χ0) is 12.8. The number of rotatable bonds is 4. The van der Waals surface area contributed by atoms with Crippen molar-refractivity contribution >= 4 is 29.9 Å². The minimum Gasteiger partial charge on any atom is -0.370 e. The Bertz CT molecular complexity index is 255. The summed E-state index contributed by atoms with van der Waals surface area (Å²) in [5.74, 6) is 1.48. The van der Waals surface area contributed by atoms with Gasteiger partial charge in [0, 0.05) is 25.7 Å². The van der Waals surface area contributed by atoms with Gasteiger partial charge in [-0.2, -0.15) is 0 Å². The topological polar surface area (TPSA) is 44.9 Å². The lowest BCUT2D eigenvalue weighted by Crippen LogP contribution is -2.43. The Kier molecular flexibility index (Phi) is 8.94. The molecule has 1 unspecified atom stereocenters. The molecular weight excluding hydrogens is 339 g/mol. The second kappa shape index (κ2) is 8.96. The van der Waals surface area contributed by atoms with Crippen LogP contribution >= 0.6 is 24.0 Å². The molecule has 1 aliphatic heterocycles. The first kappa shape index (κ1) is 18.0. The number of guanidine groups is 1. The Morgan fingerprint density at radius 3 is 2.72 bits per heavy atom. The van der Waals surface area contributed by atoms with Crippen molar-refractivity contribution in [3.8, 4) is 0 Å². The highest BCUT2D eigenvalue weighted by atomic mass is 127. The molecule has 1 fully saturated rings. The van der Waals surface area contributed by atoms with E-state index in [4.69, 9.17) is 5.73 Å². The summed E-state index contributed by atoms with van der Waals surface area (Å²) >= 11 is 0. The summed E-state index contributed by atoms with van der Waals surface area (Å²) in [5, 5.41) is 0. The molecule has 0 aromatic heterocycles. The first-order valence-corrected chi connectivity index (χ1v) is 6.75. The fourth-order valence-corrected chi connectivity index (χ4v) is 2.08. The molecule has 0 amide bonds. The van der Waals surface area contributed by atoms with Crippen LogP contribution in [0.25, 0.3) is 0 Å². The molecular formula is C13H29IN4. The lowest BCUT2D eigenvalue weighted by molar-refractivity contribution is 0.266. The largest absolute Gasteiger partial charge is 0.370 e. The van der Waals surface area contributed by atoms with Gasteiger partial charge >= 0.3 is 0 Å². The van der Waals surface area contributed by atoms with Crippen LogP contribution in [0.5, 0.6) is 0 Å². The molecule has 0 aromatic rings. The molecule has 2 N–H and O–H groups in total.